The molecule has 4 unspecified atom stereocenters. The van der Waals surface area contributed by atoms with E-state index in [1.807, 2.05) is 6.07 Å². The Bertz CT molecular complexity index is 632. The van der Waals surface area contributed by atoms with Crippen LogP contribution < -0.4 is 5.32 Å². The van der Waals surface area contributed by atoms with Crippen LogP contribution in [0.1, 0.15) is 24.8 Å². The number of rotatable bonds is 4. The summed E-state index contributed by atoms with van der Waals surface area (Å²) >= 11 is 12.1. The molecule has 152 valence electrons. The van der Waals surface area contributed by atoms with Crippen molar-refractivity contribution in [3.8, 4) is 0 Å². The Hall–Kier alpha value is -1.22. The van der Waals surface area contributed by atoms with Gasteiger partial charge in [0.2, 0.25) is 0 Å². The van der Waals surface area contributed by atoms with Gasteiger partial charge >= 0.3 is 5.97 Å². The van der Waals surface area contributed by atoms with Crippen molar-refractivity contribution in [2.75, 3.05) is 20.2 Å². The first-order valence-electron chi connectivity index (χ1n) is 8.47. The number of hydrogen-bond acceptors (Lipinski definition) is 6. The normalized spacial score (nSPS) is 25.2. The second kappa shape index (κ2) is 10.9. The topological polar surface area (TPSA) is 127 Å². The maximum Gasteiger partial charge on any atom is 0.335 e. The molecule has 1 aromatic carbocycles. The minimum atomic E-state index is -2.01. The summed E-state index contributed by atoms with van der Waals surface area (Å²) in [5, 5.41) is 36.4. The Labute approximate surface area is 167 Å². The summed E-state index contributed by atoms with van der Waals surface area (Å²) in [6.07, 6.45) is 0.0753. The molecule has 2 aliphatic rings. The molecule has 0 spiro atoms. The van der Waals surface area contributed by atoms with Crippen molar-refractivity contribution in [1.29, 1.82) is 0 Å². The molecular weight excluding hydrogens is 397 g/mol. The maximum absolute atomic E-state index is 9.73. The smallest absolute Gasteiger partial charge is 0.335 e. The van der Waals surface area contributed by atoms with Gasteiger partial charge in [-0.25, -0.2) is 4.79 Å². The van der Waals surface area contributed by atoms with Gasteiger partial charge in [0, 0.05) is 19.1 Å². The fourth-order valence-electron chi connectivity index (χ4n) is 3.65. The summed E-state index contributed by atoms with van der Waals surface area (Å²) in [5.74, 6) is -0.834. The highest BCUT2D eigenvalue weighted by atomic mass is 35.5. The SMILES string of the molecule is CO.Clc1ccc(C23CCCC2CNC3)cc1Cl.O=CC(O)C(O)C(=O)O. The first-order valence-corrected chi connectivity index (χ1v) is 9.22. The molecular formula is C18H25Cl2NO6. The molecule has 9 heteroatoms. The molecule has 27 heavy (non-hydrogen) atoms. The number of halogens is 2. The van der Waals surface area contributed by atoms with Gasteiger partial charge in [0.1, 0.15) is 6.10 Å². The zero-order chi connectivity index (χ0) is 20.6. The van der Waals surface area contributed by atoms with E-state index in [-0.39, 0.29) is 6.29 Å². The molecule has 3 rings (SSSR count). The number of hydrogen-bond donors (Lipinski definition) is 5. The van der Waals surface area contributed by atoms with Crippen LogP contribution in [0.15, 0.2) is 18.2 Å². The molecule has 1 saturated carbocycles. The summed E-state index contributed by atoms with van der Waals surface area (Å²) in [7, 11) is 1.00. The summed E-state index contributed by atoms with van der Waals surface area (Å²) in [4.78, 5) is 19.3. The summed E-state index contributed by atoms with van der Waals surface area (Å²) in [5.41, 5.74) is 1.70. The van der Waals surface area contributed by atoms with Crippen molar-refractivity contribution < 1.29 is 30.0 Å². The average molecular weight is 422 g/mol. The van der Waals surface area contributed by atoms with Crippen LogP contribution >= 0.6 is 23.2 Å². The molecule has 2 fully saturated rings. The van der Waals surface area contributed by atoms with Gasteiger partial charge in [-0.2, -0.15) is 0 Å². The number of carbonyl (C=O) groups excluding carboxylic acids is 1. The van der Waals surface area contributed by atoms with Gasteiger partial charge < -0.3 is 30.5 Å². The molecule has 1 aliphatic heterocycles. The number of aliphatic hydroxyl groups is 3. The van der Waals surface area contributed by atoms with Crippen LogP contribution in [0.5, 0.6) is 0 Å². The third kappa shape index (κ3) is 5.63. The van der Waals surface area contributed by atoms with Crippen molar-refractivity contribution in [2.24, 2.45) is 5.92 Å². The zero-order valence-corrected chi connectivity index (χ0v) is 16.5. The molecule has 1 aromatic rings. The fourth-order valence-corrected chi connectivity index (χ4v) is 3.95. The van der Waals surface area contributed by atoms with Crippen molar-refractivity contribution >= 4 is 35.5 Å². The van der Waals surface area contributed by atoms with Crippen LogP contribution in [0.2, 0.25) is 10.0 Å². The van der Waals surface area contributed by atoms with E-state index in [9.17, 15) is 9.59 Å². The Balaban J connectivity index is 0.000000286. The van der Waals surface area contributed by atoms with Crippen molar-refractivity contribution in [3.05, 3.63) is 33.8 Å². The van der Waals surface area contributed by atoms with E-state index in [4.69, 9.17) is 43.6 Å². The Morgan fingerprint density at radius 3 is 2.48 bits per heavy atom. The monoisotopic (exact) mass is 421 g/mol. The minimum Gasteiger partial charge on any atom is -0.479 e. The van der Waals surface area contributed by atoms with Gasteiger partial charge in [0.05, 0.1) is 10.0 Å². The number of carboxylic acid groups (broad SMARTS) is 1. The molecule has 1 saturated heterocycles. The van der Waals surface area contributed by atoms with Crippen LogP contribution in [-0.4, -0.2) is 65.1 Å². The van der Waals surface area contributed by atoms with Gasteiger partial charge in [-0.15, -0.1) is 0 Å². The standard InChI is InChI=1S/C13H15Cl2N.C4H6O5.CH4O/c14-11-4-3-9(6-12(11)15)13-5-1-2-10(13)7-16-8-13;5-1-2(6)3(7)4(8)9;1-2/h3-4,6,10,16H,1-2,5,7-8H2;1-3,6-7H,(H,8,9);2H,1H3. The Kier molecular flexibility index (Phi) is 9.66. The van der Waals surface area contributed by atoms with Crippen LogP contribution in [0.3, 0.4) is 0 Å². The number of aliphatic carboxylic acids is 1. The van der Waals surface area contributed by atoms with Gasteiger partial charge in [0.15, 0.2) is 12.4 Å². The average Bonchev–Trinajstić information content (AvgIpc) is 3.26. The Morgan fingerprint density at radius 1 is 1.30 bits per heavy atom. The highest BCUT2D eigenvalue weighted by Crippen LogP contribution is 2.48. The lowest BCUT2D eigenvalue weighted by atomic mass is 9.75. The molecule has 0 amide bonds. The van der Waals surface area contributed by atoms with E-state index in [0.29, 0.717) is 15.5 Å². The molecule has 1 heterocycles. The molecule has 0 radical (unpaired) electrons. The predicted molar refractivity (Wildman–Crippen MR) is 102 cm³/mol. The molecule has 0 aromatic heterocycles. The second-order valence-corrected chi connectivity index (χ2v) is 7.23. The summed E-state index contributed by atoms with van der Waals surface area (Å²) < 4.78 is 0. The molecule has 1 aliphatic carbocycles. The fraction of sp³-hybridized carbons (Fsp3) is 0.556. The van der Waals surface area contributed by atoms with Crippen LogP contribution in [-0.2, 0) is 15.0 Å². The van der Waals surface area contributed by atoms with Crippen molar-refractivity contribution in [1.82, 2.24) is 5.32 Å². The lowest BCUT2D eigenvalue weighted by molar-refractivity contribution is -0.154. The molecule has 4 atom stereocenters. The number of nitrogens with one attached hydrogen (secondary N) is 1. The van der Waals surface area contributed by atoms with Gasteiger partial charge in [-0.3, -0.25) is 0 Å². The number of aliphatic hydroxyl groups excluding tert-OH is 3. The molecule has 0 bridgehead atoms. The number of fused-ring (bicyclic) bond motifs is 1. The number of aldehydes is 1. The maximum atomic E-state index is 9.73. The zero-order valence-electron chi connectivity index (χ0n) is 14.9. The highest BCUT2D eigenvalue weighted by Gasteiger charge is 2.47. The minimum absolute atomic E-state index is 0.0429. The quantitative estimate of drug-likeness (QED) is 0.462. The van der Waals surface area contributed by atoms with Gasteiger partial charge in [-0.1, -0.05) is 35.7 Å². The second-order valence-electron chi connectivity index (χ2n) is 6.41. The van der Waals surface area contributed by atoms with E-state index in [2.05, 4.69) is 17.4 Å². The van der Waals surface area contributed by atoms with Crippen LogP contribution in [0, 0.1) is 5.92 Å². The van der Waals surface area contributed by atoms with E-state index >= 15 is 0 Å². The summed E-state index contributed by atoms with van der Waals surface area (Å²) in [6, 6.07) is 6.15. The largest absolute Gasteiger partial charge is 0.479 e. The van der Waals surface area contributed by atoms with E-state index in [1.54, 1.807) is 0 Å². The van der Waals surface area contributed by atoms with Crippen LogP contribution in [0.4, 0.5) is 0 Å². The van der Waals surface area contributed by atoms with E-state index in [1.165, 1.54) is 24.8 Å². The van der Waals surface area contributed by atoms with Gasteiger partial charge in [0.25, 0.3) is 0 Å². The summed E-state index contributed by atoms with van der Waals surface area (Å²) in [6.45, 7) is 2.25. The van der Waals surface area contributed by atoms with E-state index in [0.717, 1.165) is 26.1 Å². The lowest BCUT2D eigenvalue weighted by Crippen LogP contribution is -2.34. The Morgan fingerprint density at radius 2 is 1.96 bits per heavy atom. The van der Waals surface area contributed by atoms with Gasteiger partial charge in [-0.05, 0) is 43.0 Å². The van der Waals surface area contributed by atoms with E-state index < -0.39 is 18.2 Å². The first kappa shape index (κ1) is 23.8. The van der Waals surface area contributed by atoms with Crippen molar-refractivity contribution in [2.45, 2.75) is 36.9 Å². The number of benzene rings is 1. The number of carbonyl (C=O) groups is 2. The van der Waals surface area contributed by atoms with Crippen molar-refractivity contribution in [3.63, 3.8) is 0 Å². The van der Waals surface area contributed by atoms with Crippen LogP contribution in [0.25, 0.3) is 0 Å². The predicted octanol–water partition coefficient (Wildman–Crippen LogP) is 1.23. The highest BCUT2D eigenvalue weighted by molar-refractivity contribution is 6.42. The molecule has 5 N–H and O–H groups in total. The molecule has 7 nitrogen and oxygen atoms in total. The lowest BCUT2D eigenvalue weighted by Gasteiger charge is -2.29. The number of carboxylic acids is 1. The third-order valence-corrected chi connectivity index (χ3v) is 5.74. The first-order chi connectivity index (χ1) is 12.8. The third-order valence-electron chi connectivity index (χ3n) is 5.00.